The molecule has 4 nitrogen and oxygen atoms in total. The Bertz CT molecular complexity index is 468. The molecular weight excluding hydrogens is 278 g/mol. The van der Waals surface area contributed by atoms with E-state index in [0.29, 0.717) is 6.54 Å². The molecule has 1 spiro atoms. The average molecular weight is 305 g/mol. The normalized spacial score (nSPS) is 29.2. The second kappa shape index (κ2) is 6.67. The van der Waals surface area contributed by atoms with Crippen LogP contribution in [0.25, 0.3) is 0 Å². The maximum Gasteiger partial charge on any atom is 0.0916 e. The second-order valence-corrected chi connectivity index (χ2v) is 6.66. The lowest BCUT2D eigenvalue weighted by atomic mass is 9.58. The van der Waals surface area contributed by atoms with Crippen molar-refractivity contribution >= 4 is 0 Å². The number of hydrogen-bond acceptors (Lipinski definition) is 4. The first kappa shape index (κ1) is 15.9. The Labute approximate surface area is 132 Å². The summed E-state index contributed by atoms with van der Waals surface area (Å²) in [4.78, 5) is 2.30. The first-order valence-electron chi connectivity index (χ1n) is 8.41. The van der Waals surface area contributed by atoms with Crippen LogP contribution in [0.4, 0.5) is 0 Å². The molecule has 1 aromatic rings. The lowest BCUT2D eigenvalue weighted by Crippen LogP contribution is -2.62. The fourth-order valence-corrected chi connectivity index (χ4v) is 3.99. The molecule has 3 rings (SSSR count). The van der Waals surface area contributed by atoms with Crippen molar-refractivity contribution in [2.45, 2.75) is 44.5 Å². The van der Waals surface area contributed by atoms with Crippen molar-refractivity contribution < 1.29 is 14.9 Å². The largest absolute Gasteiger partial charge is 0.392 e. The van der Waals surface area contributed by atoms with Gasteiger partial charge in [-0.05, 0) is 38.4 Å². The van der Waals surface area contributed by atoms with E-state index in [1.807, 2.05) is 37.3 Å². The molecule has 122 valence electrons. The van der Waals surface area contributed by atoms with Crippen molar-refractivity contribution in [1.29, 1.82) is 0 Å². The van der Waals surface area contributed by atoms with E-state index in [2.05, 4.69) is 4.90 Å². The van der Waals surface area contributed by atoms with Crippen molar-refractivity contribution in [3.05, 3.63) is 35.9 Å². The Morgan fingerprint density at radius 2 is 1.95 bits per heavy atom. The van der Waals surface area contributed by atoms with Gasteiger partial charge in [0, 0.05) is 25.0 Å². The second-order valence-electron chi connectivity index (χ2n) is 6.66. The molecule has 0 bridgehead atoms. The maximum absolute atomic E-state index is 10.3. The van der Waals surface area contributed by atoms with E-state index in [-0.39, 0.29) is 17.6 Å². The van der Waals surface area contributed by atoms with Gasteiger partial charge in [0.2, 0.25) is 0 Å². The highest BCUT2D eigenvalue weighted by Gasteiger charge is 2.55. The molecule has 22 heavy (non-hydrogen) atoms. The van der Waals surface area contributed by atoms with Gasteiger partial charge in [0.05, 0.1) is 18.3 Å². The van der Waals surface area contributed by atoms with Gasteiger partial charge in [-0.15, -0.1) is 0 Å². The zero-order chi connectivity index (χ0) is 15.6. The number of aliphatic hydroxyl groups is 2. The summed E-state index contributed by atoms with van der Waals surface area (Å²) >= 11 is 0. The smallest absolute Gasteiger partial charge is 0.0916 e. The van der Waals surface area contributed by atoms with E-state index in [1.54, 1.807) is 0 Å². The molecule has 1 saturated carbocycles. The zero-order valence-corrected chi connectivity index (χ0v) is 13.3. The summed E-state index contributed by atoms with van der Waals surface area (Å²) in [7, 11) is 0. The van der Waals surface area contributed by atoms with E-state index in [0.717, 1.165) is 44.5 Å². The molecular formula is C18H27NO3. The van der Waals surface area contributed by atoms with Crippen LogP contribution in [0.1, 0.15) is 37.9 Å². The van der Waals surface area contributed by atoms with Gasteiger partial charge in [-0.1, -0.05) is 30.3 Å². The molecule has 0 amide bonds. The third kappa shape index (κ3) is 2.93. The highest BCUT2D eigenvalue weighted by molar-refractivity contribution is 5.17. The first-order chi connectivity index (χ1) is 10.7. The predicted molar refractivity (Wildman–Crippen MR) is 85.5 cm³/mol. The minimum absolute atomic E-state index is 0.0375. The highest BCUT2D eigenvalue weighted by Crippen LogP contribution is 2.51. The van der Waals surface area contributed by atoms with Crippen LogP contribution in [0.5, 0.6) is 0 Å². The zero-order valence-electron chi connectivity index (χ0n) is 13.3. The predicted octanol–water partition coefficient (Wildman–Crippen LogP) is 1.97. The number of rotatable bonds is 5. The van der Waals surface area contributed by atoms with Gasteiger partial charge in [-0.2, -0.15) is 0 Å². The number of ether oxygens (including phenoxy) is 1. The molecule has 2 aliphatic rings. The van der Waals surface area contributed by atoms with E-state index in [9.17, 15) is 10.2 Å². The Kier molecular flexibility index (Phi) is 4.83. The topological polar surface area (TPSA) is 52.9 Å². The number of benzene rings is 1. The number of hydrogen-bond donors (Lipinski definition) is 2. The number of nitrogens with zero attached hydrogens (tertiary/aromatic N) is 1. The van der Waals surface area contributed by atoms with Crippen LogP contribution in [-0.2, 0) is 4.74 Å². The first-order valence-corrected chi connectivity index (χ1v) is 8.41. The number of likely N-dealkylation sites (tertiary alicyclic amines) is 1. The fourth-order valence-electron chi connectivity index (χ4n) is 3.99. The molecule has 0 radical (unpaired) electrons. The summed E-state index contributed by atoms with van der Waals surface area (Å²) in [6, 6.07) is 9.82. The molecule has 1 saturated heterocycles. The van der Waals surface area contributed by atoms with Crippen LogP contribution in [0, 0.1) is 5.41 Å². The summed E-state index contributed by atoms with van der Waals surface area (Å²) in [5, 5.41) is 20.6. The van der Waals surface area contributed by atoms with Crippen molar-refractivity contribution in [3.63, 3.8) is 0 Å². The Hall–Kier alpha value is -0.940. The lowest BCUT2D eigenvalue weighted by Gasteiger charge is -2.56. The molecule has 2 N–H and O–H groups in total. The van der Waals surface area contributed by atoms with E-state index < -0.39 is 6.10 Å². The van der Waals surface area contributed by atoms with Crippen LogP contribution in [-0.4, -0.2) is 53.6 Å². The highest BCUT2D eigenvalue weighted by atomic mass is 16.5. The molecule has 0 aromatic heterocycles. The number of β-amino-alcohol motifs (C(OH)–C–C–N with tert-alkyl or cyclic N) is 1. The number of aliphatic hydroxyl groups excluding tert-OH is 2. The molecule has 1 aromatic carbocycles. The lowest BCUT2D eigenvalue weighted by molar-refractivity contribution is -0.210. The van der Waals surface area contributed by atoms with Gasteiger partial charge in [-0.3, -0.25) is 0 Å². The van der Waals surface area contributed by atoms with E-state index in [4.69, 9.17) is 4.74 Å². The Balaban J connectivity index is 1.54. The summed E-state index contributed by atoms with van der Waals surface area (Å²) in [5.74, 6) is 0. The van der Waals surface area contributed by atoms with Crippen LogP contribution >= 0.6 is 0 Å². The van der Waals surface area contributed by atoms with Gasteiger partial charge in [0.15, 0.2) is 0 Å². The van der Waals surface area contributed by atoms with Crippen LogP contribution in [0.3, 0.4) is 0 Å². The van der Waals surface area contributed by atoms with Gasteiger partial charge in [0.1, 0.15) is 0 Å². The SMILES string of the molecule is CCO[C@H]1C[C@H](O)C12CCN(C[C@@H](O)c1ccccc1)CC2. The van der Waals surface area contributed by atoms with Gasteiger partial charge in [-0.25, -0.2) is 0 Å². The molecule has 4 heteroatoms. The van der Waals surface area contributed by atoms with Crippen LogP contribution in [0.15, 0.2) is 30.3 Å². The monoisotopic (exact) mass is 305 g/mol. The minimum Gasteiger partial charge on any atom is -0.392 e. The van der Waals surface area contributed by atoms with Crippen molar-refractivity contribution in [2.75, 3.05) is 26.2 Å². The van der Waals surface area contributed by atoms with Crippen molar-refractivity contribution in [2.24, 2.45) is 5.41 Å². The number of piperidine rings is 1. The summed E-state index contributed by atoms with van der Waals surface area (Å²) < 4.78 is 5.80. The fraction of sp³-hybridized carbons (Fsp3) is 0.667. The van der Waals surface area contributed by atoms with Crippen molar-refractivity contribution in [3.8, 4) is 0 Å². The molecule has 3 atom stereocenters. The molecule has 1 heterocycles. The molecule has 1 aliphatic carbocycles. The molecule has 1 aliphatic heterocycles. The van der Waals surface area contributed by atoms with Crippen molar-refractivity contribution in [1.82, 2.24) is 4.90 Å². The third-order valence-electron chi connectivity index (χ3n) is 5.51. The van der Waals surface area contributed by atoms with Crippen LogP contribution in [0.2, 0.25) is 0 Å². The standard InChI is InChI=1S/C18H27NO3/c1-2-22-17-12-16(21)18(17)8-10-19(11-9-18)13-15(20)14-6-4-3-5-7-14/h3-7,15-17,20-21H,2,8-13H2,1H3/t15-,16+,17+/m1/s1. The quantitative estimate of drug-likeness (QED) is 0.873. The van der Waals surface area contributed by atoms with Gasteiger partial charge >= 0.3 is 0 Å². The maximum atomic E-state index is 10.3. The van der Waals surface area contributed by atoms with E-state index in [1.165, 1.54) is 0 Å². The molecule has 0 unspecified atom stereocenters. The Morgan fingerprint density at radius 1 is 1.27 bits per heavy atom. The summed E-state index contributed by atoms with van der Waals surface area (Å²) in [6.45, 7) is 5.24. The summed E-state index contributed by atoms with van der Waals surface area (Å²) in [6.07, 6.45) is 2.25. The van der Waals surface area contributed by atoms with E-state index >= 15 is 0 Å². The Morgan fingerprint density at radius 3 is 2.55 bits per heavy atom. The van der Waals surface area contributed by atoms with Gasteiger partial charge in [0.25, 0.3) is 0 Å². The molecule has 2 fully saturated rings. The third-order valence-corrected chi connectivity index (χ3v) is 5.51. The van der Waals surface area contributed by atoms with Crippen LogP contribution < -0.4 is 0 Å². The average Bonchev–Trinajstić information content (AvgIpc) is 2.56. The summed E-state index contributed by atoms with van der Waals surface area (Å²) in [5.41, 5.74) is 0.933. The minimum atomic E-state index is -0.441. The van der Waals surface area contributed by atoms with Gasteiger partial charge < -0.3 is 19.8 Å².